The Labute approximate surface area is 137 Å². The summed E-state index contributed by atoms with van der Waals surface area (Å²) in [4.78, 5) is 14.0. The van der Waals surface area contributed by atoms with Crippen molar-refractivity contribution in [1.82, 2.24) is 0 Å². The van der Waals surface area contributed by atoms with Crippen molar-refractivity contribution in [1.29, 1.82) is 0 Å². The van der Waals surface area contributed by atoms with Crippen molar-refractivity contribution in [3.05, 3.63) is 35.9 Å². The molecule has 0 spiro atoms. The molecule has 0 amide bonds. The van der Waals surface area contributed by atoms with Gasteiger partial charge in [0, 0.05) is 12.6 Å². The number of nitrogens with zero attached hydrogens (tertiary/aromatic N) is 1. The average Bonchev–Trinajstić information content (AvgIpc) is 2.47. The lowest BCUT2D eigenvalue weighted by Crippen LogP contribution is -2.29. The fourth-order valence-corrected chi connectivity index (χ4v) is 1.79. The molecule has 1 rings (SSSR count). The van der Waals surface area contributed by atoms with Crippen molar-refractivity contribution in [2.45, 2.75) is 44.7 Å². The zero-order valence-corrected chi connectivity index (χ0v) is 13.7. The minimum atomic E-state index is -0.971. The Bertz CT molecular complexity index is 459. The van der Waals surface area contributed by atoms with Crippen LogP contribution in [0.4, 0.5) is 0 Å². The van der Waals surface area contributed by atoms with Gasteiger partial charge in [0.2, 0.25) is 0 Å². The fraction of sp³-hybridized carbons (Fsp3) is 0.500. The lowest BCUT2D eigenvalue weighted by atomic mass is 10.1. The lowest BCUT2D eigenvalue weighted by Gasteiger charge is -2.04. The van der Waals surface area contributed by atoms with Crippen LogP contribution in [-0.2, 0) is 11.2 Å². The SMILES string of the molecule is CC(N)Cc1ccccc1.NC(N)=NCCCC[C@H](N)C(=O)O. The fourth-order valence-electron chi connectivity index (χ4n) is 1.79. The maximum absolute atomic E-state index is 10.3. The Morgan fingerprint density at radius 3 is 2.26 bits per heavy atom. The molecule has 2 atom stereocenters. The maximum atomic E-state index is 10.3. The van der Waals surface area contributed by atoms with Crippen LogP contribution in [0, 0.1) is 0 Å². The van der Waals surface area contributed by atoms with Gasteiger partial charge in [0.1, 0.15) is 6.04 Å². The molecule has 0 aliphatic rings. The van der Waals surface area contributed by atoms with Crippen LogP contribution in [0.3, 0.4) is 0 Å². The van der Waals surface area contributed by atoms with Gasteiger partial charge in [-0.3, -0.25) is 9.79 Å². The van der Waals surface area contributed by atoms with Crippen molar-refractivity contribution < 1.29 is 9.90 Å². The first-order chi connectivity index (χ1) is 10.8. The summed E-state index contributed by atoms with van der Waals surface area (Å²) in [6.45, 7) is 2.54. The van der Waals surface area contributed by atoms with E-state index >= 15 is 0 Å². The third kappa shape index (κ3) is 13.3. The maximum Gasteiger partial charge on any atom is 0.320 e. The minimum absolute atomic E-state index is 0.0579. The van der Waals surface area contributed by atoms with E-state index in [-0.39, 0.29) is 12.0 Å². The van der Waals surface area contributed by atoms with Gasteiger partial charge in [-0.2, -0.15) is 0 Å². The van der Waals surface area contributed by atoms with Gasteiger partial charge in [0.25, 0.3) is 0 Å². The largest absolute Gasteiger partial charge is 0.480 e. The molecule has 1 aromatic rings. The first-order valence-corrected chi connectivity index (χ1v) is 7.66. The Hall–Kier alpha value is -2.12. The molecule has 7 heteroatoms. The summed E-state index contributed by atoms with van der Waals surface area (Å²) in [5.74, 6) is -0.913. The highest BCUT2D eigenvalue weighted by molar-refractivity contribution is 5.75. The normalized spacial score (nSPS) is 12.5. The molecule has 0 fully saturated rings. The quantitative estimate of drug-likeness (QED) is 0.265. The van der Waals surface area contributed by atoms with Crippen molar-refractivity contribution >= 4 is 11.9 Å². The molecule has 0 aliphatic carbocycles. The highest BCUT2D eigenvalue weighted by Crippen LogP contribution is 2.00. The zero-order chi connectivity index (χ0) is 17.7. The van der Waals surface area contributed by atoms with E-state index in [1.54, 1.807) is 0 Å². The van der Waals surface area contributed by atoms with Crippen LogP contribution in [0.15, 0.2) is 35.3 Å². The number of carboxylic acids is 1. The summed E-state index contributed by atoms with van der Waals surface area (Å²) < 4.78 is 0. The summed E-state index contributed by atoms with van der Waals surface area (Å²) >= 11 is 0. The molecule has 0 saturated heterocycles. The van der Waals surface area contributed by atoms with Crippen LogP contribution in [0.2, 0.25) is 0 Å². The van der Waals surface area contributed by atoms with Gasteiger partial charge >= 0.3 is 5.97 Å². The van der Waals surface area contributed by atoms with Crippen molar-refractivity contribution in [2.75, 3.05) is 6.54 Å². The Morgan fingerprint density at radius 1 is 1.17 bits per heavy atom. The van der Waals surface area contributed by atoms with Gasteiger partial charge in [0.05, 0.1) is 0 Å². The summed E-state index contributed by atoms with van der Waals surface area (Å²) in [5, 5.41) is 8.43. The molecule has 130 valence electrons. The van der Waals surface area contributed by atoms with E-state index < -0.39 is 12.0 Å². The van der Waals surface area contributed by atoms with Crippen LogP contribution < -0.4 is 22.9 Å². The highest BCUT2D eigenvalue weighted by atomic mass is 16.4. The molecule has 1 unspecified atom stereocenters. The molecular formula is C16H29N5O2. The molecule has 0 aliphatic heterocycles. The van der Waals surface area contributed by atoms with Crippen LogP contribution in [-0.4, -0.2) is 35.7 Å². The van der Waals surface area contributed by atoms with Gasteiger partial charge in [0.15, 0.2) is 5.96 Å². The highest BCUT2D eigenvalue weighted by Gasteiger charge is 2.09. The molecule has 7 nitrogen and oxygen atoms in total. The van der Waals surface area contributed by atoms with E-state index in [9.17, 15) is 4.79 Å². The minimum Gasteiger partial charge on any atom is -0.480 e. The number of carboxylic acid groups (broad SMARTS) is 1. The van der Waals surface area contributed by atoms with Crippen LogP contribution in [0.25, 0.3) is 0 Å². The van der Waals surface area contributed by atoms with Crippen molar-refractivity contribution in [3.63, 3.8) is 0 Å². The average molecular weight is 323 g/mol. The molecule has 0 bridgehead atoms. The molecule has 0 radical (unpaired) electrons. The predicted octanol–water partition coefficient (Wildman–Crippen LogP) is 0.418. The second-order valence-corrected chi connectivity index (χ2v) is 5.41. The number of unbranched alkanes of at least 4 members (excludes halogenated alkanes) is 1. The molecule has 0 heterocycles. The smallest absolute Gasteiger partial charge is 0.320 e. The first-order valence-electron chi connectivity index (χ1n) is 7.66. The predicted molar refractivity (Wildman–Crippen MR) is 93.9 cm³/mol. The number of guanidine groups is 1. The van der Waals surface area contributed by atoms with E-state index in [0.29, 0.717) is 19.4 Å². The number of carbonyl (C=O) groups is 1. The molecule has 23 heavy (non-hydrogen) atoms. The summed E-state index contributed by atoms with van der Waals surface area (Å²) in [7, 11) is 0. The number of aliphatic carboxylic acids is 1. The number of nitrogens with two attached hydrogens (primary N) is 4. The molecule has 9 N–H and O–H groups in total. The van der Waals surface area contributed by atoms with Crippen LogP contribution >= 0.6 is 0 Å². The number of rotatable bonds is 8. The van der Waals surface area contributed by atoms with Crippen molar-refractivity contribution in [2.24, 2.45) is 27.9 Å². The standard InChI is InChI=1S/C9H13N.C7H16N4O2/c1-8(10)7-9-5-3-2-4-6-9;8-5(6(12)13)3-1-2-4-11-7(9)10/h2-6,8H,7,10H2,1H3;5H,1-4,8H2,(H,12,13)(H4,9,10,11)/t;5-/m.0/s1. The Balaban J connectivity index is 0.000000433. The summed E-state index contributed by atoms with van der Waals surface area (Å²) in [6, 6.07) is 9.79. The van der Waals surface area contributed by atoms with Crippen molar-refractivity contribution in [3.8, 4) is 0 Å². The van der Waals surface area contributed by atoms with E-state index in [1.165, 1.54) is 5.56 Å². The summed E-state index contributed by atoms with van der Waals surface area (Å²) in [5.41, 5.74) is 22.4. The Kier molecular flexibility index (Phi) is 11.3. The summed E-state index contributed by atoms with van der Waals surface area (Å²) in [6.07, 6.45) is 2.89. The first kappa shape index (κ1) is 20.9. The van der Waals surface area contributed by atoms with Crippen LogP contribution in [0.1, 0.15) is 31.7 Å². The molecule has 0 saturated carbocycles. The van der Waals surface area contributed by atoms with Gasteiger partial charge in [-0.15, -0.1) is 0 Å². The number of aliphatic imine (C=N–C) groups is 1. The topological polar surface area (TPSA) is 154 Å². The monoisotopic (exact) mass is 323 g/mol. The molecule has 0 aromatic heterocycles. The number of hydrogen-bond donors (Lipinski definition) is 5. The third-order valence-corrected chi connectivity index (χ3v) is 2.94. The third-order valence-electron chi connectivity index (χ3n) is 2.94. The molecular weight excluding hydrogens is 294 g/mol. The number of benzene rings is 1. The van der Waals surface area contributed by atoms with Crippen LogP contribution in [0.5, 0.6) is 0 Å². The van der Waals surface area contributed by atoms with E-state index in [0.717, 1.165) is 12.8 Å². The lowest BCUT2D eigenvalue weighted by molar-refractivity contribution is -0.138. The Morgan fingerprint density at radius 2 is 1.78 bits per heavy atom. The van der Waals surface area contributed by atoms with Gasteiger partial charge < -0.3 is 28.0 Å². The second-order valence-electron chi connectivity index (χ2n) is 5.41. The second kappa shape index (κ2) is 12.4. The zero-order valence-electron chi connectivity index (χ0n) is 13.7. The number of hydrogen-bond acceptors (Lipinski definition) is 4. The van der Waals surface area contributed by atoms with Gasteiger partial charge in [-0.05, 0) is 38.2 Å². The van der Waals surface area contributed by atoms with Gasteiger partial charge in [-0.25, -0.2) is 0 Å². The van der Waals surface area contributed by atoms with Gasteiger partial charge in [-0.1, -0.05) is 30.3 Å². The van der Waals surface area contributed by atoms with E-state index in [1.807, 2.05) is 25.1 Å². The van der Waals surface area contributed by atoms with E-state index in [4.69, 9.17) is 28.0 Å². The van der Waals surface area contributed by atoms with E-state index in [2.05, 4.69) is 17.1 Å². The molecule has 1 aromatic carbocycles.